The zero-order valence-electron chi connectivity index (χ0n) is 21.5. The lowest BCUT2D eigenvalue weighted by Gasteiger charge is -2.37. The third kappa shape index (κ3) is 9.31. The van der Waals surface area contributed by atoms with Gasteiger partial charge in [0, 0.05) is 25.2 Å². The lowest BCUT2D eigenvalue weighted by molar-refractivity contribution is -0.156. The van der Waals surface area contributed by atoms with Gasteiger partial charge in [-0.15, -0.1) is 0 Å². The summed E-state index contributed by atoms with van der Waals surface area (Å²) in [6.07, 6.45) is 1.05. The van der Waals surface area contributed by atoms with Crippen LogP contribution in [0, 0.1) is 0 Å². The minimum Gasteiger partial charge on any atom is -0.460 e. The predicted octanol–water partition coefficient (Wildman–Crippen LogP) is 6.96. The normalized spacial score (nSPS) is 13.4. The Labute approximate surface area is 210 Å². The molecular formula is C31H39NO3. The molecule has 2 atom stereocenters. The molecule has 0 fully saturated rings. The number of benzene rings is 3. The molecule has 35 heavy (non-hydrogen) atoms. The van der Waals surface area contributed by atoms with Crippen LogP contribution in [0.4, 0.5) is 0 Å². The monoisotopic (exact) mass is 473 g/mol. The van der Waals surface area contributed by atoms with E-state index >= 15 is 0 Å². The molecule has 0 saturated carbocycles. The molecule has 0 radical (unpaired) electrons. The molecule has 4 nitrogen and oxygen atoms in total. The summed E-state index contributed by atoms with van der Waals surface area (Å²) in [5.74, 6) is -0.177. The average molecular weight is 474 g/mol. The second-order valence-electron chi connectivity index (χ2n) is 10.0. The van der Waals surface area contributed by atoms with Crippen molar-refractivity contribution in [3.63, 3.8) is 0 Å². The highest BCUT2D eigenvalue weighted by Gasteiger charge is 2.29. The summed E-state index contributed by atoms with van der Waals surface area (Å²) in [7, 11) is 0. The van der Waals surface area contributed by atoms with Gasteiger partial charge in [-0.2, -0.15) is 0 Å². The fourth-order valence-electron chi connectivity index (χ4n) is 4.24. The highest BCUT2D eigenvalue weighted by atomic mass is 16.6. The van der Waals surface area contributed by atoms with Crippen molar-refractivity contribution < 1.29 is 14.3 Å². The Kier molecular flexibility index (Phi) is 10.1. The molecular weight excluding hydrogens is 434 g/mol. The third-order valence-corrected chi connectivity index (χ3v) is 5.99. The van der Waals surface area contributed by atoms with Crippen molar-refractivity contribution in [2.24, 2.45) is 0 Å². The quantitative estimate of drug-likeness (QED) is 0.211. The Morgan fingerprint density at radius 3 is 1.94 bits per heavy atom. The number of esters is 1. The molecule has 1 unspecified atom stereocenters. The van der Waals surface area contributed by atoms with Crippen LogP contribution in [0.2, 0.25) is 0 Å². The van der Waals surface area contributed by atoms with Gasteiger partial charge in [0.05, 0.1) is 13.0 Å². The van der Waals surface area contributed by atoms with E-state index in [0.29, 0.717) is 19.6 Å². The van der Waals surface area contributed by atoms with Crippen molar-refractivity contribution in [1.29, 1.82) is 0 Å². The van der Waals surface area contributed by atoms with Gasteiger partial charge in [0.1, 0.15) is 5.60 Å². The van der Waals surface area contributed by atoms with Gasteiger partial charge in [-0.3, -0.25) is 9.69 Å². The van der Waals surface area contributed by atoms with Gasteiger partial charge >= 0.3 is 5.97 Å². The smallest absolute Gasteiger partial charge is 0.307 e. The molecule has 0 N–H and O–H groups in total. The van der Waals surface area contributed by atoms with Crippen molar-refractivity contribution in [2.45, 2.75) is 71.4 Å². The SMILES string of the molecule is C[C@@H](c1ccccc1)N(Cc1ccccc1)C(CCOCc1ccccc1)CC(=O)OC(C)(C)C. The first kappa shape index (κ1) is 26.7. The van der Waals surface area contributed by atoms with Crippen LogP contribution < -0.4 is 0 Å². The van der Waals surface area contributed by atoms with Crippen molar-refractivity contribution in [3.8, 4) is 0 Å². The van der Waals surface area contributed by atoms with E-state index in [9.17, 15) is 4.79 Å². The Morgan fingerprint density at radius 1 is 0.829 bits per heavy atom. The largest absolute Gasteiger partial charge is 0.460 e. The Bertz CT molecular complexity index is 1000. The van der Waals surface area contributed by atoms with Crippen LogP contribution in [0.1, 0.15) is 63.3 Å². The van der Waals surface area contributed by atoms with Crippen LogP contribution in [0.3, 0.4) is 0 Å². The van der Waals surface area contributed by atoms with Crippen LogP contribution in [-0.4, -0.2) is 29.1 Å². The predicted molar refractivity (Wildman–Crippen MR) is 142 cm³/mol. The number of hydrogen-bond donors (Lipinski definition) is 0. The summed E-state index contributed by atoms with van der Waals surface area (Å²) in [5, 5.41) is 0. The average Bonchev–Trinajstić information content (AvgIpc) is 2.85. The van der Waals surface area contributed by atoms with E-state index in [1.807, 2.05) is 51.1 Å². The number of hydrogen-bond acceptors (Lipinski definition) is 4. The number of rotatable bonds is 12. The fourth-order valence-corrected chi connectivity index (χ4v) is 4.24. The molecule has 0 aliphatic rings. The van der Waals surface area contributed by atoms with Gasteiger partial charge in [-0.25, -0.2) is 0 Å². The second kappa shape index (κ2) is 13.2. The highest BCUT2D eigenvalue weighted by Crippen LogP contribution is 2.28. The van der Waals surface area contributed by atoms with E-state index in [2.05, 4.69) is 72.5 Å². The molecule has 186 valence electrons. The lowest BCUT2D eigenvalue weighted by atomic mass is 10.00. The molecule has 0 spiro atoms. The lowest BCUT2D eigenvalue weighted by Crippen LogP contribution is -2.40. The minimum absolute atomic E-state index is 0.0314. The number of ether oxygens (including phenoxy) is 2. The van der Waals surface area contributed by atoms with Gasteiger partial charge in [0.15, 0.2) is 0 Å². The van der Waals surface area contributed by atoms with Crippen LogP contribution in [0.15, 0.2) is 91.0 Å². The Morgan fingerprint density at radius 2 is 1.37 bits per heavy atom. The van der Waals surface area contributed by atoms with E-state index in [0.717, 1.165) is 18.5 Å². The fraction of sp³-hybridized carbons (Fsp3) is 0.387. The molecule has 3 aromatic rings. The highest BCUT2D eigenvalue weighted by molar-refractivity contribution is 5.70. The standard InChI is InChI=1S/C31H39NO3/c1-25(28-18-12-7-13-19-28)32(23-26-14-8-5-9-15-26)29(22-30(33)35-31(2,3)4)20-21-34-24-27-16-10-6-11-17-27/h5-19,25,29H,20-24H2,1-4H3/t25-,29?/m0/s1. The maximum atomic E-state index is 12.9. The van der Waals surface area contributed by atoms with Crippen molar-refractivity contribution in [2.75, 3.05) is 6.61 Å². The maximum Gasteiger partial charge on any atom is 0.307 e. The molecule has 0 bridgehead atoms. The molecule has 0 aliphatic carbocycles. The number of carbonyl (C=O) groups is 1. The van der Waals surface area contributed by atoms with E-state index < -0.39 is 5.60 Å². The van der Waals surface area contributed by atoms with Gasteiger partial charge in [0.25, 0.3) is 0 Å². The van der Waals surface area contributed by atoms with Gasteiger partial charge < -0.3 is 9.47 Å². The summed E-state index contributed by atoms with van der Waals surface area (Å²) in [4.78, 5) is 15.4. The minimum atomic E-state index is -0.513. The van der Waals surface area contributed by atoms with Gasteiger partial charge in [-0.05, 0) is 50.8 Å². The molecule has 0 aromatic heterocycles. The molecule has 3 rings (SSSR count). The Balaban J connectivity index is 1.80. The zero-order valence-corrected chi connectivity index (χ0v) is 21.5. The molecule has 0 saturated heterocycles. The third-order valence-electron chi connectivity index (χ3n) is 5.99. The second-order valence-corrected chi connectivity index (χ2v) is 10.0. The Hall–Kier alpha value is -2.95. The molecule has 0 aliphatic heterocycles. The van der Waals surface area contributed by atoms with Crippen LogP contribution in [0.5, 0.6) is 0 Å². The first-order valence-electron chi connectivity index (χ1n) is 12.5. The first-order chi connectivity index (χ1) is 16.8. The van der Waals surface area contributed by atoms with E-state index in [1.54, 1.807) is 0 Å². The van der Waals surface area contributed by atoms with Gasteiger partial charge in [0.2, 0.25) is 0 Å². The number of carbonyl (C=O) groups excluding carboxylic acids is 1. The summed E-state index contributed by atoms with van der Waals surface area (Å²) >= 11 is 0. The van der Waals surface area contributed by atoms with Crippen LogP contribution in [-0.2, 0) is 27.4 Å². The van der Waals surface area contributed by atoms with Crippen molar-refractivity contribution >= 4 is 5.97 Å². The van der Waals surface area contributed by atoms with Crippen LogP contribution in [0.25, 0.3) is 0 Å². The van der Waals surface area contributed by atoms with Gasteiger partial charge in [-0.1, -0.05) is 91.0 Å². The molecule has 4 heteroatoms. The van der Waals surface area contributed by atoms with E-state index in [4.69, 9.17) is 9.47 Å². The van der Waals surface area contributed by atoms with Crippen LogP contribution >= 0.6 is 0 Å². The zero-order chi connectivity index (χ0) is 25.1. The molecule has 0 amide bonds. The maximum absolute atomic E-state index is 12.9. The summed E-state index contributed by atoms with van der Waals surface area (Å²) in [6.45, 7) is 9.82. The topological polar surface area (TPSA) is 38.8 Å². The molecule has 3 aromatic carbocycles. The first-order valence-corrected chi connectivity index (χ1v) is 12.5. The summed E-state index contributed by atoms with van der Waals surface area (Å²) in [5.41, 5.74) is 3.08. The number of nitrogens with zero attached hydrogens (tertiary/aromatic N) is 1. The summed E-state index contributed by atoms with van der Waals surface area (Å²) < 4.78 is 11.8. The van der Waals surface area contributed by atoms with Crippen molar-refractivity contribution in [3.05, 3.63) is 108 Å². The summed E-state index contributed by atoms with van der Waals surface area (Å²) in [6, 6.07) is 31.2. The van der Waals surface area contributed by atoms with E-state index in [1.165, 1.54) is 11.1 Å². The molecule has 0 heterocycles. The van der Waals surface area contributed by atoms with E-state index in [-0.39, 0.29) is 18.1 Å². The van der Waals surface area contributed by atoms with Crippen molar-refractivity contribution in [1.82, 2.24) is 4.90 Å².